The summed E-state index contributed by atoms with van der Waals surface area (Å²) >= 11 is 1.58. The maximum absolute atomic E-state index is 11.4. The van der Waals surface area contributed by atoms with Crippen LogP contribution in [0.4, 0.5) is 0 Å². The Hall–Kier alpha value is -0.970. The van der Waals surface area contributed by atoms with Crippen LogP contribution in [0.1, 0.15) is 30.9 Å². The zero-order valence-electron chi connectivity index (χ0n) is 10.2. The molecule has 0 fully saturated rings. The molecule has 1 amide bonds. The van der Waals surface area contributed by atoms with Crippen molar-refractivity contribution < 1.29 is 9.32 Å². The molecule has 16 heavy (non-hydrogen) atoms. The first kappa shape index (κ1) is 13.1. The summed E-state index contributed by atoms with van der Waals surface area (Å²) in [7, 11) is 0. The molecule has 0 aliphatic rings. The lowest BCUT2D eigenvalue weighted by atomic mass is 10.2. The van der Waals surface area contributed by atoms with Crippen LogP contribution in [0, 0.1) is 13.8 Å². The van der Waals surface area contributed by atoms with Crippen LogP contribution in [0.15, 0.2) is 4.52 Å². The van der Waals surface area contributed by atoms with Gasteiger partial charge in [-0.15, -0.1) is 11.8 Å². The third kappa shape index (κ3) is 3.89. The molecular weight excluding hydrogens is 224 g/mol. The van der Waals surface area contributed by atoms with E-state index in [0.717, 1.165) is 22.8 Å². The van der Waals surface area contributed by atoms with E-state index in [0.29, 0.717) is 5.75 Å². The molecule has 0 aliphatic heterocycles. The monoisotopic (exact) mass is 242 g/mol. The first-order valence-electron chi connectivity index (χ1n) is 5.29. The van der Waals surface area contributed by atoms with Crippen LogP contribution in [-0.4, -0.2) is 22.9 Å². The highest BCUT2D eigenvalue weighted by atomic mass is 32.2. The fourth-order valence-electron chi connectivity index (χ4n) is 1.32. The second kappa shape index (κ2) is 5.94. The minimum absolute atomic E-state index is 0.0757. The number of nitrogens with zero attached hydrogens (tertiary/aromatic N) is 1. The Morgan fingerprint density at radius 2 is 2.19 bits per heavy atom. The molecule has 5 heteroatoms. The maximum Gasteiger partial charge on any atom is 0.230 e. The molecule has 0 bridgehead atoms. The molecule has 0 spiro atoms. The van der Waals surface area contributed by atoms with Gasteiger partial charge in [0.25, 0.3) is 0 Å². The Morgan fingerprint density at radius 1 is 1.50 bits per heavy atom. The lowest BCUT2D eigenvalue weighted by Crippen LogP contribution is -2.31. The van der Waals surface area contributed by atoms with E-state index in [1.54, 1.807) is 11.8 Å². The van der Waals surface area contributed by atoms with Gasteiger partial charge in [-0.05, 0) is 27.7 Å². The van der Waals surface area contributed by atoms with Crippen LogP contribution in [0.2, 0.25) is 0 Å². The number of nitrogens with one attached hydrogen (secondary N) is 1. The molecule has 1 N–H and O–H groups in total. The standard InChI is InChI=1S/C11H18N2O2S/c1-7(2)12-11(14)6-16-5-10-8(3)13-15-9(10)4/h7H,5-6H2,1-4H3,(H,12,14). The largest absolute Gasteiger partial charge is 0.361 e. The number of hydrogen-bond acceptors (Lipinski definition) is 4. The third-order valence-corrected chi connectivity index (χ3v) is 3.07. The van der Waals surface area contributed by atoms with E-state index < -0.39 is 0 Å². The number of aromatic nitrogens is 1. The van der Waals surface area contributed by atoms with E-state index in [1.807, 2.05) is 27.7 Å². The van der Waals surface area contributed by atoms with Crippen LogP contribution in [0.3, 0.4) is 0 Å². The summed E-state index contributed by atoms with van der Waals surface area (Å²) in [6, 6.07) is 0.201. The summed E-state index contributed by atoms with van der Waals surface area (Å²) in [5.74, 6) is 2.16. The molecule has 0 aliphatic carbocycles. The maximum atomic E-state index is 11.4. The van der Waals surface area contributed by atoms with Crippen molar-refractivity contribution in [2.24, 2.45) is 0 Å². The van der Waals surface area contributed by atoms with E-state index in [2.05, 4.69) is 10.5 Å². The molecule has 0 atom stereocenters. The van der Waals surface area contributed by atoms with Crippen molar-refractivity contribution >= 4 is 17.7 Å². The van der Waals surface area contributed by atoms with Gasteiger partial charge in [0.15, 0.2) is 0 Å². The van der Waals surface area contributed by atoms with Crippen molar-refractivity contribution in [3.8, 4) is 0 Å². The second-order valence-corrected chi connectivity index (χ2v) is 5.00. The highest BCUT2D eigenvalue weighted by Crippen LogP contribution is 2.19. The summed E-state index contributed by atoms with van der Waals surface area (Å²) < 4.78 is 5.05. The second-order valence-electron chi connectivity index (χ2n) is 4.02. The number of hydrogen-bond donors (Lipinski definition) is 1. The minimum atomic E-state index is 0.0757. The summed E-state index contributed by atoms with van der Waals surface area (Å²) in [4.78, 5) is 11.4. The van der Waals surface area contributed by atoms with Gasteiger partial charge in [0.05, 0.1) is 11.4 Å². The zero-order chi connectivity index (χ0) is 12.1. The third-order valence-electron chi connectivity index (χ3n) is 2.11. The summed E-state index contributed by atoms with van der Waals surface area (Å²) in [6.45, 7) is 7.72. The average molecular weight is 242 g/mol. The van der Waals surface area contributed by atoms with Crippen LogP contribution in [0.5, 0.6) is 0 Å². The highest BCUT2D eigenvalue weighted by molar-refractivity contribution is 7.99. The van der Waals surface area contributed by atoms with Gasteiger partial charge < -0.3 is 9.84 Å². The van der Waals surface area contributed by atoms with Gasteiger partial charge >= 0.3 is 0 Å². The number of carbonyl (C=O) groups is 1. The Labute approximate surface area is 100 Å². The molecular formula is C11H18N2O2S. The molecule has 0 unspecified atom stereocenters. The van der Waals surface area contributed by atoms with Gasteiger partial charge in [0.1, 0.15) is 5.76 Å². The fourth-order valence-corrected chi connectivity index (χ4v) is 2.30. The van der Waals surface area contributed by atoms with Gasteiger partial charge in [-0.3, -0.25) is 4.79 Å². The average Bonchev–Trinajstić information content (AvgIpc) is 2.47. The van der Waals surface area contributed by atoms with Crippen molar-refractivity contribution in [1.82, 2.24) is 10.5 Å². The van der Waals surface area contributed by atoms with E-state index in [9.17, 15) is 4.79 Å². The molecule has 0 saturated heterocycles. The SMILES string of the molecule is Cc1noc(C)c1CSCC(=O)NC(C)C. The zero-order valence-corrected chi connectivity index (χ0v) is 11.0. The number of thioether (sulfide) groups is 1. The van der Waals surface area contributed by atoms with Gasteiger partial charge in [0.2, 0.25) is 5.91 Å². The van der Waals surface area contributed by atoms with Crippen LogP contribution in [0.25, 0.3) is 0 Å². The smallest absolute Gasteiger partial charge is 0.230 e. The Bertz CT molecular complexity index is 341. The lowest BCUT2D eigenvalue weighted by Gasteiger charge is -2.07. The van der Waals surface area contributed by atoms with Gasteiger partial charge in [-0.25, -0.2) is 0 Å². The number of carbonyl (C=O) groups excluding carboxylic acids is 1. The molecule has 1 aromatic rings. The molecule has 0 aromatic carbocycles. The number of rotatable bonds is 5. The molecule has 4 nitrogen and oxygen atoms in total. The number of aryl methyl sites for hydroxylation is 2. The highest BCUT2D eigenvalue weighted by Gasteiger charge is 2.10. The molecule has 0 radical (unpaired) electrons. The van der Waals surface area contributed by atoms with Crippen molar-refractivity contribution in [1.29, 1.82) is 0 Å². The molecule has 0 saturated carbocycles. The first-order chi connectivity index (χ1) is 7.50. The van der Waals surface area contributed by atoms with E-state index in [-0.39, 0.29) is 11.9 Å². The normalized spacial score (nSPS) is 10.8. The Kier molecular flexibility index (Phi) is 4.86. The summed E-state index contributed by atoms with van der Waals surface area (Å²) in [5, 5.41) is 6.73. The van der Waals surface area contributed by atoms with Crippen molar-refractivity contribution in [3.63, 3.8) is 0 Å². The van der Waals surface area contributed by atoms with E-state index >= 15 is 0 Å². The fraction of sp³-hybridized carbons (Fsp3) is 0.636. The molecule has 1 aromatic heterocycles. The summed E-state index contributed by atoms with van der Waals surface area (Å²) in [5.41, 5.74) is 2.01. The van der Waals surface area contributed by atoms with Crippen LogP contribution < -0.4 is 5.32 Å². The van der Waals surface area contributed by atoms with Gasteiger partial charge in [0, 0.05) is 17.4 Å². The topological polar surface area (TPSA) is 55.1 Å². The van der Waals surface area contributed by atoms with E-state index in [1.165, 1.54) is 0 Å². The van der Waals surface area contributed by atoms with Crippen LogP contribution >= 0.6 is 11.8 Å². The van der Waals surface area contributed by atoms with Gasteiger partial charge in [-0.2, -0.15) is 0 Å². The Morgan fingerprint density at radius 3 is 2.69 bits per heavy atom. The molecule has 1 rings (SSSR count). The van der Waals surface area contributed by atoms with Crippen molar-refractivity contribution in [2.75, 3.05) is 5.75 Å². The van der Waals surface area contributed by atoms with Crippen molar-refractivity contribution in [3.05, 3.63) is 17.0 Å². The number of amides is 1. The Balaban J connectivity index is 2.33. The minimum Gasteiger partial charge on any atom is -0.361 e. The lowest BCUT2D eigenvalue weighted by molar-refractivity contribution is -0.119. The molecule has 90 valence electrons. The molecule has 1 heterocycles. The van der Waals surface area contributed by atoms with Crippen LogP contribution in [-0.2, 0) is 10.5 Å². The van der Waals surface area contributed by atoms with Gasteiger partial charge in [-0.1, -0.05) is 5.16 Å². The predicted octanol–water partition coefficient (Wildman–Crippen LogP) is 2.05. The first-order valence-corrected chi connectivity index (χ1v) is 6.45. The quantitative estimate of drug-likeness (QED) is 0.858. The van der Waals surface area contributed by atoms with Crippen molar-refractivity contribution in [2.45, 2.75) is 39.5 Å². The summed E-state index contributed by atoms with van der Waals surface area (Å²) in [6.07, 6.45) is 0. The predicted molar refractivity (Wildman–Crippen MR) is 65.4 cm³/mol. The van der Waals surface area contributed by atoms with E-state index in [4.69, 9.17) is 4.52 Å².